The Morgan fingerprint density at radius 3 is 2.16 bits per heavy atom. The van der Waals surface area contributed by atoms with Gasteiger partial charge in [-0.25, -0.2) is 0 Å². The predicted molar refractivity (Wildman–Crippen MR) is 78.0 cm³/mol. The molecule has 0 unspecified atom stereocenters. The smallest absolute Gasteiger partial charge is 0.150 e. The number of carbonyl (C=O) groups is 1. The van der Waals surface area contributed by atoms with Gasteiger partial charge in [0.2, 0.25) is 0 Å². The van der Waals surface area contributed by atoms with Crippen molar-refractivity contribution in [2.75, 3.05) is 7.11 Å². The summed E-state index contributed by atoms with van der Waals surface area (Å²) in [4.78, 5) is 10.8. The van der Waals surface area contributed by atoms with Gasteiger partial charge in [-0.3, -0.25) is 4.79 Å². The Morgan fingerprint density at radius 1 is 0.895 bits per heavy atom. The Balaban J connectivity index is 2.59. The van der Waals surface area contributed by atoms with Crippen molar-refractivity contribution in [2.45, 2.75) is 20.8 Å². The summed E-state index contributed by atoms with van der Waals surface area (Å²) in [5.41, 5.74) is 6.45. The zero-order valence-corrected chi connectivity index (χ0v) is 11.8. The summed E-state index contributed by atoms with van der Waals surface area (Å²) in [6.45, 7) is 6.14. The third-order valence-corrected chi connectivity index (χ3v) is 3.42. The van der Waals surface area contributed by atoms with E-state index in [1.165, 1.54) is 11.1 Å². The summed E-state index contributed by atoms with van der Waals surface area (Å²) in [5, 5.41) is 0. The van der Waals surface area contributed by atoms with Gasteiger partial charge >= 0.3 is 0 Å². The summed E-state index contributed by atoms with van der Waals surface area (Å²) < 4.78 is 5.34. The lowest BCUT2D eigenvalue weighted by atomic mass is 9.93. The van der Waals surface area contributed by atoms with Gasteiger partial charge in [-0.1, -0.05) is 12.1 Å². The van der Waals surface area contributed by atoms with Crippen LogP contribution in [0, 0.1) is 20.8 Å². The molecule has 2 nitrogen and oxygen atoms in total. The summed E-state index contributed by atoms with van der Waals surface area (Å²) >= 11 is 0. The molecule has 0 saturated heterocycles. The first-order chi connectivity index (χ1) is 9.06. The number of hydrogen-bond donors (Lipinski definition) is 0. The molecule has 0 radical (unpaired) electrons. The van der Waals surface area contributed by atoms with E-state index in [4.69, 9.17) is 4.74 Å². The van der Waals surface area contributed by atoms with E-state index in [0.29, 0.717) is 5.56 Å². The average molecular weight is 254 g/mol. The van der Waals surface area contributed by atoms with Crippen LogP contribution >= 0.6 is 0 Å². The van der Waals surface area contributed by atoms with Gasteiger partial charge in [-0.2, -0.15) is 0 Å². The molecule has 98 valence electrons. The first-order valence-corrected chi connectivity index (χ1v) is 6.28. The quantitative estimate of drug-likeness (QED) is 0.771. The summed E-state index contributed by atoms with van der Waals surface area (Å²) in [6, 6.07) is 9.97. The number of methoxy groups -OCH3 is 1. The molecule has 0 fully saturated rings. The number of hydrogen-bond acceptors (Lipinski definition) is 2. The van der Waals surface area contributed by atoms with Gasteiger partial charge in [-0.05, 0) is 66.8 Å². The highest BCUT2D eigenvalue weighted by Gasteiger charge is 2.09. The van der Waals surface area contributed by atoms with Gasteiger partial charge in [0.05, 0.1) is 7.11 Å². The van der Waals surface area contributed by atoms with Crippen molar-refractivity contribution in [1.82, 2.24) is 0 Å². The second-order valence-corrected chi connectivity index (χ2v) is 4.83. The first kappa shape index (κ1) is 13.3. The SMILES string of the molecule is COc1cc(C)c(-c2ccc(C=O)cc2C)cc1C. The Bertz CT molecular complexity index is 627. The van der Waals surface area contributed by atoms with E-state index in [0.717, 1.165) is 28.7 Å². The Morgan fingerprint density at radius 2 is 1.58 bits per heavy atom. The number of benzene rings is 2. The van der Waals surface area contributed by atoms with Crippen LogP contribution in [0.5, 0.6) is 5.75 Å². The van der Waals surface area contributed by atoms with Crippen LogP contribution in [0.1, 0.15) is 27.0 Å². The van der Waals surface area contributed by atoms with Gasteiger partial charge < -0.3 is 4.74 Å². The standard InChI is InChI=1S/C17H18O2/c1-11-7-14(10-18)5-6-15(11)16-8-13(3)17(19-4)9-12(16)2/h5-10H,1-4H3. The van der Waals surface area contributed by atoms with Crippen molar-refractivity contribution in [3.63, 3.8) is 0 Å². The molecule has 2 aromatic carbocycles. The second-order valence-electron chi connectivity index (χ2n) is 4.83. The highest BCUT2D eigenvalue weighted by atomic mass is 16.5. The molecule has 0 amide bonds. The minimum absolute atomic E-state index is 0.712. The summed E-state index contributed by atoms with van der Waals surface area (Å²) in [6.07, 6.45) is 0.878. The van der Waals surface area contributed by atoms with E-state index < -0.39 is 0 Å². The van der Waals surface area contributed by atoms with Crippen LogP contribution in [0.2, 0.25) is 0 Å². The molecular formula is C17H18O2. The molecule has 0 saturated carbocycles. The van der Waals surface area contributed by atoms with Crippen molar-refractivity contribution in [1.29, 1.82) is 0 Å². The maximum absolute atomic E-state index is 10.8. The van der Waals surface area contributed by atoms with E-state index >= 15 is 0 Å². The number of rotatable bonds is 3. The lowest BCUT2D eigenvalue weighted by Gasteiger charge is -2.13. The van der Waals surface area contributed by atoms with Crippen LogP contribution in [0.15, 0.2) is 30.3 Å². The van der Waals surface area contributed by atoms with Crippen LogP contribution in [0.25, 0.3) is 11.1 Å². The fraction of sp³-hybridized carbons (Fsp3) is 0.235. The third kappa shape index (κ3) is 2.53. The first-order valence-electron chi connectivity index (χ1n) is 6.28. The van der Waals surface area contributed by atoms with Crippen molar-refractivity contribution < 1.29 is 9.53 Å². The minimum Gasteiger partial charge on any atom is -0.496 e. The van der Waals surface area contributed by atoms with Gasteiger partial charge in [0.25, 0.3) is 0 Å². The van der Waals surface area contributed by atoms with Gasteiger partial charge in [0.15, 0.2) is 0 Å². The Labute approximate surface area is 114 Å². The van der Waals surface area contributed by atoms with Crippen molar-refractivity contribution in [2.24, 2.45) is 0 Å². The second kappa shape index (κ2) is 5.27. The van der Waals surface area contributed by atoms with E-state index in [-0.39, 0.29) is 0 Å². The van der Waals surface area contributed by atoms with Crippen LogP contribution in [0.3, 0.4) is 0 Å². The molecule has 0 aliphatic heterocycles. The normalized spacial score (nSPS) is 10.3. The van der Waals surface area contributed by atoms with Crippen LogP contribution in [-0.4, -0.2) is 13.4 Å². The lowest BCUT2D eigenvalue weighted by molar-refractivity contribution is 0.112. The van der Waals surface area contributed by atoms with Crippen LogP contribution < -0.4 is 4.74 Å². The van der Waals surface area contributed by atoms with E-state index in [9.17, 15) is 4.79 Å². The molecule has 2 rings (SSSR count). The average Bonchev–Trinajstić information content (AvgIpc) is 2.41. The molecule has 0 aliphatic rings. The predicted octanol–water partition coefficient (Wildman–Crippen LogP) is 4.10. The summed E-state index contributed by atoms with van der Waals surface area (Å²) in [7, 11) is 1.69. The molecule has 0 aliphatic carbocycles. The van der Waals surface area contributed by atoms with Crippen molar-refractivity contribution in [3.8, 4) is 16.9 Å². The maximum atomic E-state index is 10.8. The van der Waals surface area contributed by atoms with E-state index in [1.807, 2.05) is 32.0 Å². The molecule has 0 heterocycles. The van der Waals surface area contributed by atoms with E-state index in [2.05, 4.69) is 19.1 Å². The number of carbonyl (C=O) groups excluding carboxylic acids is 1. The van der Waals surface area contributed by atoms with Crippen molar-refractivity contribution >= 4 is 6.29 Å². The molecule has 0 N–H and O–H groups in total. The molecule has 0 aromatic heterocycles. The zero-order valence-electron chi connectivity index (χ0n) is 11.8. The fourth-order valence-electron chi connectivity index (χ4n) is 2.36. The number of ether oxygens (including phenoxy) is 1. The van der Waals surface area contributed by atoms with Crippen LogP contribution in [0.4, 0.5) is 0 Å². The molecule has 2 aromatic rings. The Kier molecular flexibility index (Phi) is 3.70. The summed E-state index contributed by atoms with van der Waals surface area (Å²) in [5.74, 6) is 0.906. The van der Waals surface area contributed by atoms with Gasteiger partial charge in [-0.15, -0.1) is 0 Å². The minimum atomic E-state index is 0.712. The fourth-order valence-corrected chi connectivity index (χ4v) is 2.36. The zero-order chi connectivity index (χ0) is 14.0. The monoisotopic (exact) mass is 254 g/mol. The molecule has 0 bridgehead atoms. The largest absolute Gasteiger partial charge is 0.496 e. The maximum Gasteiger partial charge on any atom is 0.150 e. The third-order valence-electron chi connectivity index (χ3n) is 3.42. The van der Waals surface area contributed by atoms with E-state index in [1.54, 1.807) is 7.11 Å². The van der Waals surface area contributed by atoms with Crippen LogP contribution in [-0.2, 0) is 0 Å². The van der Waals surface area contributed by atoms with Gasteiger partial charge in [0, 0.05) is 5.56 Å². The van der Waals surface area contributed by atoms with Crippen molar-refractivity contribution in [3.05, 3.63) is 52.6 Å². The topological polar surface area (TPSA) is 26.3 Å². The highest BCUT2D eigenvalue weighted by Crippen LogP contribution is 2.32. The molecule has 2 heteroatoms. The number of aldehydes is 1. The Hall–Kier alpha value is -2.09. The number of aryl methyl sites for hydroxylation is 3. The molecular weight excluding hydrogens is 236 g/mol. The van der Waals surface area contributed by atoms with Gasteiger partial charge in [0.1, 0.15) is 12.0 Å². The highest BCUT2D eigenvalue weighted by molar-refractivity contribution is 5.79. The molecule has 0 atom stereocenters. The lowest BCUT2D eigenvalue weighted by Crippen LogP contribution is -1.93. The molecule has 19 heavy (non-hydrogen) atoms. The molecule has 0 spiro atoms.